The van der Waals surface area contributed by atoms with E-state index in [0.29, 0.717) is 30.4 Å². The minimum absolute atomic E-state index is 0.187. The van der Waals surface area contributed by atoms with Gasteiger partial charge in [0.15, 0.2) is 0 Å². The lowest BCUT2D eigenvalue weighted by Crippen LogP contribution is -2.53. The molecule has 2 aromatic carbocycles. The van der Waals surface area contributed by atoms with Crippen molar-refractivity contribution in [3.05, 3.63) is 70.3 Å². The largest absolute Gasteiger partial charge is 0.490 e. The first-order valence-electron chi connectivity index (χ1n) is 16.1. The number of sulfonamides is 1. The van der Waals surface area contributed by atoms with Gasteiger partial charge in [0.1, 0.15) is 5.75 Å². The zero-order chi connectivity index (χ0) is 31.3. The first-order valence-corrected chi connectivity index (χ1v) is 18.0. The lowest BCUT2D eigenvalue weighted by atomic mass is 9.63. The molecule has 238 valence electrons. The van der Waals surface area contributed by atoms with Crippen molar-refractivity contribution in [2.45, 2.75) is 82.0 Å². The topological polar surface area (TPSA) is 84.9 Å². The van der Waals surface area contributed by atoms with Gasteiger partial charge < -0.3 is 14.4 Å². The van der Waals surface area contributed by atoms with E-state index >= 15 is 0 Å². The monoisotopic (exact) mass is 640 g/mol. The first kappa shape index (κ1) is 31.4. The number of rotatable bonds is 2. The van der Waals surface area contributed by atoms with Gasteiger partial charge in [-0.15, -0.1) is 0 Å². The average Bonchev–Trinajstić information content (AvgIpc) is 3.14. The zero-order valence-corrected chi connectivity index (χ0v) is 27.8. The summed E-state index contributed by atoms with van der Waals surface area (Å²) >= 11 is 6.43. The number of carbonyl (C=O) groups excluding carboxylic acids is 1. The van der Waals surface area contributed by atoms with Crippen LogP contribution in [-0.4, -0.2) is 52.0 Å². The van der Waals surface area contributed by atoms with E-state index in [2.05, 4.69) is 40.8 Å². The Morgan fingerprint density at radius 2 is 1.98 bits per heavy atom. The number of carbonyl (C=O) groups is 1. The molecule has 9 heteroatoms. The molecule has 1 amide bonds. The third-order valence-corrected chi connectivity index (χ3v) is 13.3. The molecule has 1 fully saturated rings. The second kappa shape index (κ2) is 12.0. The Hall–Kier alpha value is -2.55. The van der Waals surface area contributed by atoms with E-state index in [0.717, 1.165) is 68.1 Å². The van der Waals surface area contributed by atoms with Gasteiger partial charge in [-0.05, 0) is 111 Å². The Labute approximate surface area is 267 Å². The molecule has 6 rings (SSSR count). The normalized spacial score (nSPS) is 34.0. The summed E-state index contributed by atoms with van der Waals surface area (Å²) in [5, 5.41) is -0.00165. The Morgan fingerprint density at radius 1 is 1.16 bits per heavy atom. The molecule has 6 atom stereocenters. The minimum Gasteiger partial charge on any atom is -0.490 e. The maximum Gasteiger partial charge on any atom is 0.264 e. The fraction of sp³-hybridized carbons (Fsp3) is 0.571. The molecule has 4 aliphatic rings. The summed E-state index contributed by atoms with van der Waals surface area (Å²) in [4.78, 5) is 15.8. The fourth-order valence-electron chi connectivity index (χ4n) is 8.10. The molecule has 0 saturated heterocycles. The summed E-state index contributed by atoms with van der Waals surface area (Å²) in [6.45, 7) is 7.81. The van der Waals surface area contributed by atoms with E-state index < -0.39 is 26.8 Å². The van der Waals surface area contributed by atoms with Crippen molar-refractivity contribution >= 4 is 33.2 Å². The molecular formula is C35H45ClN2O5S. The number of hydrogen-bond donors (Lipinski definition) is 1. The Balaban J connectivity index is 1.46. The molecule has 0 radical (unpaired) electrons. The maximum absolute atomic E-state index is 13.4. The highest BCUT2D eigenvalue weighted by molar-refractivity contribution is 7.90. The number of hydrogen-bond acceptors (Lipinski definition) is 6. The maximum atomic E-state index is 13.4. The van der Waals surface area contributed by atoms with Gasteiger partial charge in [-0.2, -0.15) is 0 Å². The average molecular weight is 641 g/mol. The fourth-order valence-corrected chi connectivity index (χ4v) is 9.58. The van der Waals surface area contributed by atoms with Crippen LogP contribution in [0.2, 0.25) is 5.02 Å². The van der Waals surface area contributed by atoms with E-state index in [1.165, 1.54) is 11.1 Å². The molecule has 2 aliphatic carbocycles. The van der Waals surface area contributed by atoms with Crippen LogP contribution in [0, 0.1) is 17.8 Å². The number of methoxy groups -OCH3 is 1. The van der Waals surface area contributed by atoms with Crippen LogP contribution < -0.4 is 14.4 Å². The Bertz CT molecular complexity index is 1550. The molecule has 0 unspecified atom stereocenters. The molecule has 2 aliphatic heterocycles. The van der Waals surface area contributed by atoms with Gasteiger partial charge in [0, 0.05) is 36.2 Å². The molecular weight excluding hydrogens is 596 g/mol. The van der Waals surface area contributed by atoms with Crippen LogP contribution in [0.15, 0.2) is 48.6 Å². The number of nitrogens with zero attached hydrogens (tertiary/aromatic N) is 1. The van der Waals surface area contributed by atoms with Crippen molar-refractivity contribution in [3.8, 4) is 5.75 Å². The zero-order valence-electron chi connectivity index (χ0n) is 26.3. The number of benzene rings is 2. The number of halogens is 1. The Kier molecular flexibility index (Phi) is 8.57. The highest BCUT2D eigenvalue weighted by Crippen LogP contribution is 2.49. The van der Waals surface area contributed by atoms with Crippen LogP contribution in [0.25, 0.3) is 0 Å². The predicted octanol–water partition coefficient (Wildman–Crippen LogP) is 6.68. The van der Waals surface area contributed by atoms with Crippen molar-refractivity contribution in [1.29, 1.82) is 0 Å². The van der Waals surface area contributed by atoms with Gasteiger partial charge in [-0.1, -0.05) is 43.7 Å². The highest BCUT2D eigenvalue weighted by Gasteiger charge is 2.48. The summed E-state index contributed by atoms with van der Waals surface area (Å²) in [5.74, 6) is 0.628. The van der Waals surface area contributed by atoms with E-state index in [4.69, 9.17) is 21.1 Å². The third-order valence-electron chi connectivity index (χ3n) is 11.2. The van der Waals surface area contributed by atoms with E-state index in [1.807, 2.05) is 25.1 Å². The number of allylic oxidation sites excluding steroid dienone is 1. The molecule has 1 N–H and O–H groups in total. The lowest BCUT2D eigenvalue weighted by Gasteiger charge is -2.50. The number of ether oxygens (including phenoxy) is 2. The van der Waals surface area contributed by atoms with Crippen LogP contribution in [0.4, 0.5) is 5.69 Å². The SMILES string of the molecule is CC[C@]1(OC)/C=C\C[C@H](C)[C@@H](C)S(=O)(=O)NC(=O)c2ccc3c(c2)N(C[C@@H]2CC[C@H]21)C[C@@]1(CCCc2cc(Cl)ccc21)CO3. The number of anilines is 1. The standard InChI is InChI=1S/C35H45ClN2O5S/c1-5-35(42-4)17-6-8-23(2)24(3)44(40,41)37-33(39)26-11-15-32-31(19-26)38(20-27-10-13-30(27)35)21-34(22-43-32)16-7-9-25-18-28(36)12-14-29(25)34/h6,11-12,14-15,17-19,23-24,27,30H,5,7-10,13,16,20-22H2,1-4H3,(H,37,39)/b17-6-/t23-,24+,27-,30+,34-,35-/m0/s1. The number of amides is 1. The molecule has 1 spiro atoms. The molecule has 1 saturated carbocycles. The van der Waals surface area contributed by atoms with Gasteiger partial charge in [0.25, 0.3) is 5.91 Å². The van der Waals surface area contributed by atoms with Gasteiger partial charge in [0.2, 0.25) is 10.0 Å². The van der Waals surface area contributed by atoms with Crippen molar-refractivity contribution < 1.29 is 22.7 Å². The molecule has 7 nitrogen and oxygen atoms in total. The summed E-state index contributed by atoms with van der Waals surface area (Å²) in [5.41, 5.74) is 3.05. The van der Waals surface area contributed by atoms with Crippen molar-refractivity contribution in [2.75, 3.05) is 31.7 Å². The van der Waals surface area contributed by atoms with Gasteiger partial charge in [0.05, 0.1) is 23.1 Å². The summed E-state index contributed by atoms with van der Waals surface area (Å²) < 4.78 is 41.9. The van der Waals surface area contributed by atoms with Gasteiger partial charge in [-0.3, -0.25) is 4.79 Å². The Morgan fingerprint density at radius 3 is 2.70 bits per heavy atom. The van der Waals surface area contributed by atoms with Crippen LogP contribution in [0.1, 0.15) is 80.8 Å². The lowest BCUT2D eigenvalue weighted by molar-refractivity contribution is -0.0771. The summed E-state index contributed by atoms with van der Waals surface area (Å²) in [6.07, 6.45) is 10.9. The second-order valence-corrected chi connectivity index (χ2v) is 16.0. The van der Waals surface area contributed by atoms with E-state index in [-0.39, 0.29) is 11.3 Å². The van der Waals surface area contributed by atoms with Crippen LogP contribution >= 0.6 is 11.6 Å². The van der Waals surface area contributed by atoms with Crippen LogP contribution in [0.5, 0.6) is 5.75 Å². The molecule has 0 aromatic heterocycles. The summed E-state index contributed by atoms with van der Waals surface area (Å²) in [6, 6.07) is 11.6. The van der Waals surface area contributed by atoms with E-state index in [1.54, 1.807) is 20.1 Å². The molecule has 44 heavy (non-hydrogen) atoms. The van der Waals surface area contributed by atoms with E-state index in [9.17, 15) is 13.2 Å². The molecule has 2 aromatic rings. The number of aryl methyl sites for hydroxylation is 1. The highest BCUT2D eigenvalue weighted by atomic mass is 35.5. The minimum atomic E-state index is -3.91. The van der Waals surface area contributed by atoms with Crippen LogP contribution in [0.3, 0.4) is 0 Å². The third kappa shape index (κ3) is 5.56. The smallest absolute Gasteiger partial charge is 0.264 e. The summed E-state index contributed by atoms with van der Waals surface area (Å²) in [7, 11) is -2.11. The first-order chi connectivity index (χ1) is 21.0. The van der Waals surface area contributed by atoms with Crippen molar-refractivity contribution in [1.82, 2.24) is 4.72 Å². The number of nitrogens with one attached hydrogen (secondary N) is 1. The van der Waals surface area contributed by atoms with Gasteiger partial charge in [-0.25, -0.2) is 13.1 Å². The van der Waals surface area contributed by atoms with Crippen LogP contribution in [-0.2, 0) is 26.6 Å². The predicted molar refractivity (Wildman–Crippen MR) is 175 cm³/mol. The quantitative estimate of drug-likeness (QED) is 0.369. The molecule has 2 bridgehead atoms. The van der Waals surface area contributed by atoms with Crippen molar-refractivity contribution in [2.24, 2.45) is 17.8 Å². The molecule has 2 heterocycles. The van der Waals surface area contributed by atoms with Crippen molar-refractivity contribution in [3.63, 3.8) is 0 Å². The van der Waals surface area contributed by atoms with Gasteiger partial charge >= 0.3 is 0 Å². The number of fused-ring (bicyclic) bond motifs is 4. The second-order valence-electron chi connectivity index (χ2n) is 13.5.